The lowest BCUT2D eigenvalue weighted by Gasteiger charge is -2.11. The molecule has 0 spiro atoms. The summed E-state index contributed by atoms with van der Waals surface area (Å²) >= 11 is 3.79. The number of carboxylic acids is 1. The fourth-order valence-electron chi connectivity index (χ4n) is 0.441. The highest BCUT2D eigenvalue weighted by Crippen LogP contribution is 1.85. The first-order chi connectivity index (χ1) is 5.61. The fraction of sp³-hybridized carbons (Fsp3) is 0.667. The van der Waals surface area contributed by atoms with Gasteiger partial charge in [0.15, 0.2) is 0 Å². The van der Waals surface area contributed by atoms with Gasteiger partial charge < -0.3 is 5.11 Å². The third-order valence-corrected chi connectivity index (χ3v) is 1.55. The van der Waals surface area contributed by atoms with Crippen LogP contribution in [0.3, 0.4) is 0 Å². The molecule has 0 rings (SSSR count). The highest BCUT2D eigenvalue weighted by molar-refractivity contribution is 7.80. The molecule has 0 saturated heterocycles. The van der Waals surface area contributed by atoms with Crippen LogP contribution in [0.4, 0.5) is 0 Å². The standard InChI is InChI=1S/C6H12N2O3S/c1-2-5(9)8-7-4(3-12)6(10)11/h4,7,12H,2-3H2,1H3,(H,8,9)(H,10,11)/t4-/m0/s1. The van der Waals surface area contributed by atoms with Gasteiger partial charge >= 0.3 is 5.97 Å². The predicted octanol–water partition coefficient (Wildman–Crippen LogP) is -0.600. The Kier molecular flexibility index (Phi) is 5.48. The third kappa shape index (κ3) is 4.20. The number of carboxylic acid groups (broad SMARTS) is 1. The first-order valence-electron chi connectivity index (χ1n) is 3.49. The van der Waals surface area contributed by atoms with E-state index in [-0.39, 0.29) is 11.7 Å². The maximum atomic E-state index is 10.7. The molecular weight excluding hydrogens is 180 g/mol. The molecule has 0 aliphatic heterocycles. The highest BCUT2D eigenvalue weighted by Gasteiger charge is 2.14. The highest BCUT2D eigenvalue weighted by atomic mass is 32.1. The minimum absolute atomic E-state index is 0.124. The number of nitrogens with one attached hydrogen (secondary N) is 2. The van der Waals surface area contributed by atoms with Gasteiger partial charge in [0.05, 0.1) is 0 Å². The lowest BCUT2D eigenvalue weighted by atomic mass is 10.4. The Labute approximate surface area is 75.9 Å². The van der Waals surface area contributed by atoms with E-state index in [9.17, 15) is 9.59 Å². The minimum Gasteiger partial charge on any atom is -0.480 e. The van der Waals surface area contributed by atoms with Crippen molar-refractivity contribution in [1.82, 2.24) is 10.9 Å². The summed E-state index contributed by atoms with van der Waals surface area (Å²) in [4.78, 5) is 21.0. The SMILES string of the molecule is CCC(=O)NN[C@@H](CS)C(=O)O. The summed E-state index contributed by atoms with van der Waals surface area (Å²) < 4.78 is 0. The molecule has 0 aliphatic rings. The van der Waals surface area contributed by atoms with Crippen molar-refractivity contribution in [2.45, 2.75) is 19.4 Å². The normalized spacial score (nSPS) is 12.2. The molecule has 0 aromatic heterocycles. The van der Waals surface area contributed by atoms with E-state index >= 15 is 0 Å². The van der Waals surface area contributed by atoms with Gasteiger partial charge in [0.1, 0.15) is 6.04 Å². The van der Waals surface area contributed by atoms with E-state index in [4.69, 9.17) is 5.11 Å². The summed E-state index contributed by atoms with van der Waals surface area (Å²) in [6.07, 6.45) is 0.311. The van der Waals surface area contributed by atoms with E-state index in [2.05, 4.69) is 23.5 Å². The molecule has 0 saturated carbocycles. The summed E-state index contributed by atoms with van der Waals surface area (Å²) in [6, 6.07) is -0.844. The van der Waals surface area contributed by atoms with Crippen LogP contribution < -0.4 is 10.9 Å². The largest absolute Gasteiger partial charge is 0.480 e. The molecule has 0 unspecified atom stereocenters. The molecular formula is C6H12N2O3S. The van der Waals surface area contributed by atoms with Crippen LogP contribution in [0.2, 0.25) is 0 Å². The lowest BCUT2D eigenvalue weighted by molar-refractivity contribution is -0.139. The number of carbonyl (C=O) groups excluding carboxylic acids is 1. The van der Waals surface area contributed by atoms with Crippen molar-refractivity contribution < 1.29 is 14.7 Å². The van der Waals surface area contributed by atoms with Crippen LogP contribution in [0.1, 0.15) is 13.3 Å². The molecule has 0 aliphatic carbocycles. The second-order valence-corrected chi connectivity index (χ2v) is 2.48. The average molecular weight is 192 g/mol. The second-order valence-electron chi connectivity index (χ2n) is 2.12. The zero-order chi connectivity index (χ0) is 9.56. The summed E-state index contributed by atoms with van der Waals surface area (Å²) in [5.74, 6) is -1.16. The molecule has 5 nitrogen and oxygen atoms in total. The smallest absolute Gasteiger partial charge is 0.323 e. The van der Waals surface area contributed by atoms with Gasteiger partial charge in [0.25, 0.3) is 0 Å². The van der Waals surface area contributed by atoms with Crippen LogP contribution in [0.5, 0.6) is 0 Å². The zero-order valence-electron chi connectivity index (χ0n) is 6.70. The van der Waals surface area contributed by atoms with E-state index in [1.54, 1.807) is 6.92 Å². The zero-order valence-corrected chi connectivity index (χ0v) is 7.60. The van der Waals surface area contributed by atoms with E-state index < -0.39 is 12.0 Å². The van der Waals surface area contributed by atoms with E-state index in [0.717, 1.165) is 0 Å². The van der Waals surface area contributed by atoms with Gasteiger partial charge in [-0.2, -0.15) is 12.6 Å². The van der Waals surface area contributed by atoms with Gasteiger partial charge in [-0.15, -0.1) is 0 Å². The van der Waals surface area contributed by atoms with Crippen molar-refractivity contribution in [2.24, 2.45) is 0 Å². The summed E-state index contributed by atoms with van der Waals surface area (Å²) in [7, 11) is 0. The summed E-state index contributed by atoms with van der Waals surface area (Å²) in [6.45, 7) is 1.67. The maximum absolute atomic E-state index is 10.7. The molecule has 0 aromatic carbocycles. The van der Waals surface area contributed by atoms with Crippen molar-refractivity contribution in [3.05, 3.63) is 0 Å². The maximum Gasteiger partial charge on any atom is 0.323 e. The van der Waals surface area contributed by atoms with Crippen LogP contribution in [0.25, 0.3) is 0 Å². The van der Waals surface area contributed by atoms with E-state index in [1.807, 2.05) is 0 Å². The van der Waals surface area contributed by atoms with Crippen LogP contribution >= 0.6 is 12.6 Å². The summed E-state index contributed by atoms with van der Waals surface area (Å²) in [5.41, 5.74) is 4.59. The van der Waals surface area contributed by atoms with Gasteiger partial charge in [-0.3, -0.25) is 15.0 Å². The molecule has 1 atom stereocenters. The van der Waals surface area contributed by atoms with Gasteiger partial charge in [-0.05, 0) is 0 Å². The Bertz CT molecular complexity index is 174. The molecule has 0 aromatic rings. The first-order valence-corrected chi connectivity index (χ1v) is 4.13. The lowest BCUT2D eigenvalue weighted by Crippen LogP contribution is -2.48. The van der Waals surface area contributed by atoms with E-state index in [0.29, 0.717) is 6.42 Å². The quantitative estimate of drug-likeness (QED) is 0.346. The number of hydrogen-bond donors (Lipinski definition) is 4. The Morgan fingerprint density at radius 2 is 2.17 bits per heavy atom. The third-order valence-electron chi connectivity index (χ3n) is 1.19. The monoisotopic (exact) mass is 192 g/mol. The molecule has 0 heterocycles. The number of aliphatic carboxylic acids is 1. The number of rotatable bonds is 5. The number of hydrazine groups is 1. The molecule has 12 heavy (non-hydrogen) atoms. The number of hydrogen-bond acceptors (Lipinski definition) is 4. The Morgan fingerprint density at radius 3 is 2.50 bits per heavy atom. The van der Waals surface area contributed by atoms with Gasteiger partial charge in [0.2, 0.25) is 5.91 Å². The number of amides is 1. The average Bonchev–Trinajstić information content (AvgIpc) is 2.04. The van der Waals surface area contributed by atoms with Crippen LogP contribution in [-0.2, 0) is 9.59 Å². The minimum atomic E-state index is -1.04. The molecule has 3 N–H and O–H groups in total. The molecule has 0 bridgehead atoms. The predicted molar refractivity (Wildman–Crippen MR) is 46.8 cm³/mol. The van der Waals surface area contributed by atoms with Gasteiger partial charge in [-0.1, -0.05) is 6.92 Å². The number of thiol groups is 1. The topological polar surface area (TPSA) is 78.4 Å². The van der Waals surface area contributed by atoms with Gasteiger partial charge in [-0.25, -0.2) is 5.43 Å². The van der Waals surface area contributed by atoms with Crippen molar-refractivity contribution in [3.8, 4) is 0 Å². The molecule has 70 valence electrons. The number of carbonyl (C=O) groups is 2. The van der Waals surface area contributed by atoms with Gasteiger partial charge in [0, 0.05) is 12.2 Å². The van der Waals surface area contributed by atoms with Crippen LogP contribution in [0, 0.1) is 0 Å². The van der Waals surface area contributed by atoms with Crippen molar-refractivity contribution >= 4 is 24.5 Å². The summed E-state index contributed by atoms with van der Waals surface area (Å²) in [5, 5.41) is 8.50. The molecule has 6 heteroatoms. The first kappa shape index (κ1) is 11.2. The molecule has 0 fully saturated rings. The second kappa shape index (κ2) is 5.84. The van der Waals surface area contributed by atoms with Crippen molar-refractivity contribution in [1.29, 1.82) is 0 Å². The van der Waals surface area contributed by atoms with Crippen molar-refractivity contribution in [3.63, 3.8) is 0 Å². The Hall–Kier alpha value is -0.750. The fourth-order valence-corrected chi connectivity index (χ4v) is 0.689. The molecule has 0 radical (unpaired) electrons. The molecule has 1 amide bonds. The van der Waals surface area contributed by atoms with Crippen molar-refractivity contribution in [2.75, 3.05) is 5.75 Å². The van der Waals surface area contributed by atoms with E-state index in [1.165, 1.54) is 0 Å². The Morgan fingerprint density at radius 1 is 1.58 bits per heavy atom. The van der Waals surface area contributed by atoms with Crippen LogP contribution in [0.15, 0.2) is 0 Å². The van der Waals surface area contributed by atoms with Crippen LogP contribution in [-0.4, -0.2) is 28.8 Å². The Balaban J connectivity index is 3.73.